The van der Waals surface area contributed by atoms with Crippen molar-refractivity contribution in [1.29, 1.82) is 0 Å². The molecule has 14 heavy (non-hydrogen) atoms. The van der Waals surface area contributed by atoms with Crippen LogP contribution in [0.3, 0.4) is 0 Å². The molecule has 1 aromatic rings. The third kappa shape index (κ3) is 4.88. The van der Waals surface area contributed by atoms with Crippen molar-refractivity contribution in [2.75, 3.05) is 0 Å². The summed E-state index contributed by atoms with van der Waals surface area (Å²) in [6, 6.07) is 8.63. The van der Waals surface area contributed by atoms with E-state index in [9.17, 15) is 0 Å². The molecule has 0 aliphatic rings. The van der Waals surface area contributed by atoms with Crippen LogP contribution in [-0.2, 0) is 65.4 Å². The largest absolute Gasteiger partial charge is 0.186 e. The maximum absolute atomic E-state index is 2.24. The van der Waals surface area contributed by atoms with Crippen LogP contribution in [0.15, 0.2) is 24.3 Å². The van der Waals surface area contributed by atoms with Gasteiger partial charge in [0.05, 0.1) is 0 Å². The molecule has 0 unspecified atom stereocenters. The molecule has 2 heteroatoms. The molecule has 0 atom stereocenters. The van der Waals surface area contributed by atoms with Gasteiger partial charge in [0.15, 0.2) is 0 Å². The second kappa shape index (κ2) is 8.45. The Balaban J connectivity index is 0. The Morgan fingerprint density at radius 3 is 1.86 bits per heavy atom. The Kier molecular flexibility index (Phi) is 10.7. The standard InChI is InChI=1S/C12H17.2Y/c1-9(2)11-7-5-6-8-12(11)10(3)4;;/h5-9H,1-4H3;;/q-1;;. The van der Waals surface area contributed by atoms with Gasteiger partial charge in [0, 0.05) is 65.4 Å². The third-order valence-corrected chi connectivity index (χ3v) is 2.12. The molecule has 1 rings (SSSR count). The van der Waals surface area contributed by atoms with E-state index >= 15 is 0 Å². The average molecular weight is 339 g/mol. The fraction of sp³-hybridized carbons (Fsp3) is 0.417. The van der Waals surface area contributed by atoms with Crippen molar-refractivity contribution in [3.05, 3.63) is 41.3 Å². The molecule has 0 aliphatic heterocycles. The van der Waals surface area contributed by atoms with Crippen molar-refractivity contribution in [2.24, 2.45) is 0 Å². The minimum atomic E-state index is 0. The molecule has 2 radical (unpaired) electrons. The SMILES string of the molecule is C[C-](C)c1ccccc1C(C)C.[Y].[Y]. The second-order valence-corrected chi connectivity index (χ2v) is 3.74. The summed E-state index contributed by atoms with van der Waals surface area (Å²) in [7, 11) is 0. The quantitative estimate of drug-likeness (QED) is 0.720. The van der Waals surface area contributed by atoms with Crippen molar-refractivity contribution in [3.8, 4) is 0 Å². The molecule has 0 saturated heterocycles. The van der Waals surface area contributed by atoms with E-state index in [2.05, 4.69) is 52.0 Å². The van der Waals surface area contributed by atoms with Crippen molar-refractivity contribution in [3.63, 3.8) is 0 Å². The number of rotatable bonds is 2. The Labute approximate surface area is 138 Å². The molecular formula is C12H17Y2-. The van der Waals surface area contributed by atoms with E-state index in [1.807, 2.05) is 0 Å². The van der Waals surface area contributed by atoms with E-state index in [4.69, 9.17) is 0 Å². The van der Waals surface area contributed by atoms with Crippen molar-refractivity contribution in [1.82, 2.24) is 0 Å². The second-order valence-electron chi connectivity index (χ2n) is 3.74. The fourth-order valence-electron chi connectivity index (χ4n) is 1.46. The van der Waals surface area contributed by atoms with E-state index in [0.29, 0.717) is 5.92 Å². The predicted octanol–water partition coefficient (Wildman–Crippen LogP) is 3.77. The van der Waals surface area contributed by atoms with Gasteiger partial charge in [-0.3, -0.25) is 0 Å². The monoisotopic (exact) mass is 339 g/mol. The molecule has 0 aromatic heterocycles. The first-order valence-corrected chi connectivity index (χ1v) is 4.52. The van der Waals surface area contributed by atoms with Crippen molar-refractivity contribution >= 4 is 0 Å². The summed E-state index contributed by atoms with van der Waals surface area (Å²) in [5.41, 5.74) is 2.87. The van der Waals surface area contributed by atoms with Gasteiger partial charge in [-0.2, -0.15) is 17.5 Å². The Morgan fingerprint density at radius 1 is 1.00 bits per heavy atom. The molecule has 0 amide bonds. The first-order valence-electron chi connectivity index (χ1n) is 4.52. The van der Waals surface area contributed by atoms with Crippen LogP contribution in [0.4, 0.5) is 0 Å². The summed E-state index contributed by atoms with van der Waals surface area (Å²) in [4.78, 5) is 0. The van der Waals surface area contributed by atoms with Crippen LogP contribution in [0.5, 0.6) is 0 Å². The van der Waals surface area contributed by atoms with Gasteiger partial charge < -0.3 is 0 Å². The fourth-order valence-corrected chi connectivity index (χ4v) is 1.46. The molecule has 0 N–H and O–H groups in total. The Bertz CT molecular complexity index is 227. The molecule has 72 valence electrons. The molecular weight excluding hydrogens is 322 g/mol. The maximum Gasteiger partial charge on any atom is 0 e. The van der Waals surface area contributed by atoms with Crippen molar-refractivity contribution < 1.29 is 65.4 Å². The summed E-state index contributed by atoms with van der Waals surface area (Å²) in [6.07, 6.45) is 0. The minimum Gasteiger partial charge on any atom is -0.186 e. The summed E-state index contributed by atoms with van der Waals surface area (Å²) in [6.45, 7) is 8.81. The van der Waals surface area contributed by atoms with E-state index in [-0.39, 0.29) is 65.4 Å². The van der Waals surface area contributed by atoms with Gasteiger partial charge in [-0.1, -0.05) is 39.7 Å². The zero-order valence-corrected chi connectivity index (χ0v) is 15.2. The first-order chi connectivity index (χ1) is 5.63. The number of hydrogen-bond donors (Lipinski definition) is 0. The van der Waals surface area contributed by atoms with E-state index in [0.717, 1.165) is 0 Å². The predicted molar refractivity (Wildman–Crippen MR) is 54.2 cm³/mol. The zero-order chi connectivity index (χ0) is 9.14. The van der Waals surface area contributed by atoms with Gasteiger partial charge >= 0.3 is 0 Å². The summed E-state index contributed by atoms with van der Waals surface area (Å²) < 4.78 is 0. The molecule has 0 aliphatic carbocycles. The molecule has 0 saturated carbocycles. The molecule has 0 bridgehead atoms. The van der Waals surface area contributed by atoms with Crippen LogP contribution in [0.2, 0.25) is 0 Å². The topological polar surface area (TPSA) is 0 Å². The van der Waals surface area contributed by atoms with Crippen LogP contribution >= 0.6 is 0 Å². The van der Waals surface area contributed by atoms with Crippen molar-refractivity contribution in [2.45, 2.75) is 33.6 Å². The summed E-state index contributed by atoms with van der Waals surface area (Å²) in [5, 5.41) is 0. The van der Waals surface area contributed by atoms with Crippen LogP contribution in [0.1, 0.15) is 44.7 Å². The summed E-state index contributed by atoms with van der Waals surface area (Å²) >= 11 is 0. The zero-order valence-electron chi connectivity index (χ0n) is 9.54. The first kappa shape index (κ1) is 17.7. The van der Waals surface area contributed by atoms with Gasteiger partial charge in [-0.05, 0) is 0 Å². The van der Waals surface area contributed by atoms with Crippen LogP contribution in [-0.4, -0.2) is 0 Å². The van der Waals surface area contributed by atoms with E-state index < -0.39 is 0 Å². The number of benzene rings is 1. The Hall–Kier alpha value is 1.30. The van der Waals surface area contributed by atoms with E-state index in [1.54, 1.807) is 0 Å². The molecule has 0 heterocycles. The van der Waals surface area contributed by atoms with Gasteiger partial charge in [-0.15, -0.1) is 17.7 Å². The number of hydrogen-bond acceptors (Lipinski definition) is 0. The van der Waals surface area contributed by atoms with Crippen LogP contribution in [0.25, 0.3) is 0 Å². The minimum absolute atomic E-state index is 0. The molecule has 1 aromatic carbocycles. The van der Waals surface area contributed by atoms with E-state index in [1.165, 1.54) is 17.0 Å². The summed E-state index contributed by atoms with van der Waals surface area (Å²) in [5.74, 6) is 2.02. The van der Waals surface area contributed by atoms with Crippen LogP contribution < -0.4 is 0 Å². The smallest absolute Gasteiger partial charge is 0 e. The maximum atomic E-state index is 2.24. The van der Waals surface area contributed by atoms with Gasteiger partial charge in [0.2, 0.25) is 0 Å². The molecule has 0 nitrogen and oxygen atoms in total. The molecule has 0 fully saturated rings. The normalized spacial score (nSPS) is 8.93. The Morgan fingerprint density at radius 2 is 1.50 bits per heavy atom. The third-order valence-electron chi connectivity index (χ3n) is 2.12. The molecule has 0 spiro atoms. The van der Waals surface area contributed by atoms with Gasteiger partial charge in [0.25, 0.3) is 0 Å². The van der Waals surface area contributed by atoms with Crippen LogP contribution in [0, 0.1) is 5.92 Å². The van der Waals surface area contributed by atoms with Gasteiger partial charge in [-0.25, -0.2) is 0 Å². The average Bonchev–Trinajstić information content (AvgIpc) is 2.04. The van der Waals surface area contributed by atoms with Gasteiger partial charge in [0.1, 0.15) is 0 Å².